The molecule has 0 amide bonds. The summed E-state index contributed by atoms with van der Waals surface area (Å²) in [6.45, 7) is 5.99. The van der Waals surface area contributed by atoms with Crippen LogP contribution in [-0.4, -0.2) is 34.3 Å². The Morgan fingerprint density at radius 3 is 2.78 bits per heavy atom. The first-order chi connectivity index (χ1) is 8.58. The second-order valence-electron chi connectivity index (χ2n) is 3.86. The number of fused-ring (bicyclic) bond motifs is 1. The molecule has 0 aliphatic rings. The van der Waals surface area contributed by atoms with Crippen molar-refractivity contribution in [3.05, 3.63) is 23.0 Å². The fraction of sp³-hybridized carbons (Fsp3) is 0.417. The Labute approximate surface area is 105 Å². The topological polar surface area (TPSA) is 65.7 Å². The molecule has 0 saturated heterocycles. The number of ether oxygens (including phenoxy) is 2. The highest BCUT2D eigenvalue weighted by molar-refractivity contribution is 5.97. The number of rotatable bonds is 3. The van der Waals surface area contributed by atoms with Crippen LogP contribution < -0.4 is 4.74 Å². The molecule has 6 heteroatoms. The molecule has 0 aromatic carbocycles. The first-order valence-electron chi connectivity index (χ1n) is 5.66. The Balaban J connectivity index is 2.74. The van der Waals surface area contributed by atoms with Gasteiger partial charge in [-0.3, -0.25) is 0 Å². The number of carbonyl (C=O) groups excluding carboxylic acids is 1. The number of esters is 1. The Morgan fingerprint density at radius 2 is 2.17 bits per heavy atom. The summed E-state index contributed by atoms with van der Waals surface area (Å²) in [6, 6.07) is 1.78. The second-order valence-corrected chi connectivity index (χ2v) is 3.86. The number of nitrogens with zero attached hydrogens (tertiary/aromatic N) is 3. The molecule has 96 valence electrons. The lowest BCUT2D eigenvalue weighted by Crippen LogP contribution is -2.05. The predicted molar refractivity (Wildman–Crippen MR) is 65.0 cm³/mol. The molecule has 2 aromatic heterocycles. The number of hydrogen-bond acceptors (Lipinski definition) is 5. The van der Waals surface area contributed by atoms with E-state index in [1.807, 2.05) is 13.8 Å². The van der Waals surface area contributed by atoms with E-state index in [1.54, 1.807) is 13.0 Å². The molecule has 0 bridgehead atoms. The third-order valence-corrected chi connectivity index (χ3v) is 2.54. The maximum atomic E-state index is 11.7. The maximum absolute atomic E-state index is 11.7. The van der Waals surface area contributed by atoms with Crippen LogP contribution in [0.25, 0.3) is 5.65 Å². The third-order valence-electron chi connectivity index (χ3n) is 2.54. The summed E-state index contributed by atoms with van der Waals surface area (Å²) in [5, 5.41) is 4.27. The Kier molecular flexibility index (Phi) is 3.18. The number of aromatic nitrogens is 3. The molecule has 2 rings (SSSR count). The van der Waals surface area contributed by atoms with Gasteiger partial charge in [0.25, 0.3) is 0 Å². The fourth-order valence-corrected chi connectivity index (χ4v) is 1.80. The highest BCUT2D eigenvalue weighted by Gasteiger charge is 2.21. The second kappa shape index (κ2) is 4.64. The van der Waals surface area contributed by atoms with Gasteiger partial charge in [-0.1, -0.05) is 0 Å². The zero-order valence-electron chi connectivity index (χ0n) is 10.9. The van der Waals surface area contributed by atoms with Gasteiger partial charge in [0.1, 0.15) is 5.56 Å². The largest absolute Gasteiger partial charge is 0.478 e. The predicted octanol–water partition coefficient (Wildman–Crippen LogP) is 1.53. The van der Waals surface area contributed by atoms with Gasteiger partial charge in [-0.25, -0.2) is 9.78 Å². The minimum atomic E-state index is -0.442. The molecular formula is C12H15N3O3. The lowest BCUT2D eigenvalue weighted by Gasteiger charge is -2.06. The molecule has 6 nitrogen and oxygen atoms in total. The number of aryl methyl sites for hydroxylation is 2. The fourth-order valence-electron chi connectivity index (χ4n) is 1.80. The maximum Gasteiger partial charge on any atom is 0.343 e. The summed E-state index contributed by atoms with van der Waals surface area (Å²) < 4.78 is 11.8. The van der Waals surface area contributed by atoms with Gasteiger partial charge in [0, 0.05) is 11.8 Å². The van der Waals surface area contributed by atoms with Crippen LogP contribution in [0.15, 0.2) is 6.07 Å². The van der Waals surface area contributed by atoms with Gasteiger partial charge in [-0.2, -0.15) is 9.61 Å². The van der Waals surface area contributed by atoms with Crippen molar-refractivity contribution in [1.82, 2.24) is 14.6 Å². The van der Waals surface area contributed by atoms with Gasteiger partial charge >= 0.3 is 5.97 Å². The SMILES string of the molecule is CCOc1cc(C)nc2c(C(=O)OC)c(C)nn12. The summed E-state index contributed by atoms with van der Waals surface area (Å²) in [5.41, 5.74) is 2.17. The van der Waals surface area contributed by atoms with Crippen molar-refractivity contribution in [2.45, 2.75) is 20.8 Å². The van der Waals surface area contributed by atoms with Gasteiger partial charge in [-0.05, 0) is 20.8 Å². The first-order valence-corrected chi connectivity index (χ1v) is 5.66. The molecule has 0 fully saturated rings. The van der Waals surface area contributed by atoms with Gasteiger partial charge in [0.05, 0.1) is 19.4 Å². The zero-order chi connectivity index (χ0) is 13.3. The van der Waals surface area contributed by atoms with Crippen LogP contribution in [0.4, 0.5) is 0 Å². The van der Waals surface area contributed by atoms with E-state index in [-0.39, 0.29) is 0 Å². The molecule has 2 heterocycles. The molecule has 0 atom stereocenters. The van der Waals surface area contributed by atoms with Crippen LogP contribution in [0, 0.1) is 13.8 Å². The summed E-state index contributed by atoms with van der Waals surface area (Å²) in [6.07, 6.45) is 0. The van der Waals surface area contributed by atoms with E-state index < -0.39 is 5.97 Å². The third kappa shape index (κ3) is 1.90. The summed E-state index contributed by atoms with van der Waals surface area (Å²) in [5.74, 6) is 0.126. The van der Waals surface area contributed by atoms with Crippen molar-refractivity contribution < 1.29 is 14.3 Å². The molecule has 0 spiro atoms. The average Bonchev–Trinajstić information content (AvgIpc) is 2.65. The van der Waals surface area contributed by atoms with E-state index in [2.05, 4.69) is 10.1 Å². The number of methoxy groups -OCH3 is 1. The molecular weight excluding hydrogens is 234 g/mol. The van der Waals surface area contributed by atoms with Gasteiger partial charge in [0.15, 0.2) is 5.65 Å². The molecule has 18 heavy (non-hydrogen) atoms. The lowest BCUT2D eigenvalue weighted by atomic mass is 10.2. The van der Waals surface area contributed by atoms with Crippen molar-refractivity contribution in [1.29, 1.82) is 0 Å². The van der Waals surface area contributed by atoms with Gasteiger partial charge in [-0.15, -0.1) is 0 Å². The van der Waals surface area contributed by atoms with Gasteiger partial charge in [0.2, 0.25) is 5.88 Å². The van der Waals surface area contributed by atoms with E-state index in [9.17, 15) is 4.79 Å². The lowest BCUT2D eigenvalue weighted by molar-refractivity contribution is 0.0602. The average molecular weight is 249 g/mol. The molecule has 0 radical (unpaired) electrons. The van der Waals surface area contributed by atoms with E-state index in [4.69, 9.17) is 9.47 Å². The highest BCUT2D eigenvalue weighted by atomic mass is 16.5. The summed E-state index contributed by atoms with van der Waals surface area (Å²) in [7, 11) is 1.34. The standard InChI is InChI=1S/C12H15N3O3/c1-5-18-9-6-7(2)13-11-10(12(16)17-4)8(3)14-15(9)11/h6H,5H2,1-4H3. The van der Waals surface area contributed by atoms with Crippen LogP contribution >= 0.6 is 0 Å². The number of hydrogen-bond donors (Lipinski definition) is 0. The quantitative estimate of drug-likeness (QED) is 0.772. The van der Waals surface area contributed by atoms with E-state index in [0.717, 1.165) is 5.69 Å². The van der Waals surface area contributed by atoms with Crippen molar-refractivity contribution in [2.75, 3.05) is 13.7 Å². The van der Waals surface area contributed by atoms with Crippen LogP contribution in [0.1, 0.15) is 28.7 Å². The normalized spacial score (nSPS) is 10.7. The van der Waals surface area contributed by atoms with Crippen LogP contribution in [0.3, 0.4) is 0 Å². The highest BCUT2D eigenvalue weighted by Crippen LogP contribution is 2.21. The van der Waals surface area contributed by atoms with E-state index >= 15 is 0 Å². The first kappa shape index (κ1) is 12.3. The van der Waals surface area contributed by atoms with Crippen LogP contribution in [0.5, 0.6) is 5.88 Å². The Hall–Kier alpha value is -2.11. The molecule has 0 unspecified atom stereocenters. The summed E-state index contributed by atoms with van der Waals surface area (Å²) in [4.78, 5) is 16.1. The van der Waals surface area contributed by atoms with Crippen LogP contribution in [-0.2, 0) is 4.74 Å². The smallest absolute Gasteiger partial charge is 0.343 e. The molecule has 0 aliphatic heterocycles. The number of carbonyl (C=O) groups is 1. The molecule has 0 aliphatic carbocycles. The monoisotopic (exact) mass is 249 g/mol. The van der Waals surface area contributed by atoms with E-state index in [0.29, 0.717) is 29.4 Å². The van der Waals surface area contributed by atoms with Crippen molar-refractivity contribution >= 4 is 11.6 Å². The molecule has 0 N–H and O–H groups in total. The summed E-state index contributed by atoms with van der Waals surface area (Å²) >= 11 is 0. The van der Waals surface area contributed by atoms with E-state index in [1.165, 1.54) is 11.6 Å². The van der Waals surface area contributed by atoms with Gasteiger partial charge < -0.3 is 9.47 Å². The van der Waals surface area contributed by atoms with Crippen LogP contribution in [0.2, 0.25) is 0 Å². The molecule has 0 saturated carbocycles. The van der Waals surface area contributed by atoms with Crippen molar-refractivity contribution in [2.24, 2.45) is 0 Å². The minimum absolute atomic E-state index is 0.377. The Bertz CT molecular complexity index is 604. The van der Waals surface area contributed by atoms with Crippen molar-refractivity contribution in [3.8, 4) is 5.88 Å². The zero-order valence-corrected chi connectivity index (χ0v) is 10.9. The Morgan fingerprint density at radius 1 is 1.44 bits per heavy atom. The molecule has 2 aromatic rings. The van der Waals surface area contributed by atoms with Crippen molar-refractivity contribution in [3.63, 3.8) is 0 Å². The minimum Gasteiger partial charge on any atom is -0.478 e.